The summed E-state index contributed by atoms with van der Waals surface area (Å²) in [7, 11) is 0. The van der Waals surface area contributed by atoms with Gasteiger partial charge in [0, 0.05) is 6.42 Å². The van der Waals surface area contributed by atoms with Crippen molar-refractivity contribution in [2.24, 2.45) is 94.7 Å². The lowest BCUT2D eigenvalue weighted by molar-refractivity contribution is -0.166. The van der Waals surface area contributed by atoms with Crippen molar-refractivity contribution in [3.05, 3.63) is 0 Å². The van der Waals surface area contributed by atoms with Crippen molar-refractivity contribution < 1.29 is 24.2 Å². The molecule has 0 aliphatic heterocycles. The zero-order valence-electron chi connectivity index (χ0n) is 35.5. The molecule has 0 radical (unpaired) electrons. The number of ether oxygens (including phenoxy) is 2. The molecule has 0 heterocycles. The summed E-state index contributed by atoms with van der Waals surface area (Å²) in [5, 5.41) is 10.8. The largest absolute Gasteiger partial charge is 0.459 e. The Bertz CT molecular complexity index is 1320. The molecule has 0 aromatic heterocycles. The molecule has 18 atom stereocenters. The van der Waals surface area contributed by atoms with Gasteiger partial charge in [0.05, 0.1) is 12.5 Å². The molecular formula is C49H80O5. The molecule has 9 aliphatic rings. The third-order valence-corrected chi connectivity index (χ3v) is 19.2. The zero-order valence-corrected chi connectivity index (χ0v) is 35.5. The van der Waals surface area contributed by atoms with Crippen molar-refractivity contribution in [1.29, 1.82) is 0 Å². The maximum absolute atomic E-state index is 12.6. The number of esters is 2. The SMILES string of the molecule is CCC1CC(CC)C2C3CC(CC3CC(O)CC(=O)OC3(C)CC4CCC3C4)C12.CCC1CC(CC)C2C3CC(CC3CCC(=O)OC3(C)CCCC3)C12. The predicted molar refractivity (Wildman–Crippen MR) is 215 cm³/mol. The van der Waals surface area contributed by atoms with Crippen molar-refractivity contribution in [2.45, 2.75) is 200 Å². The number of carbonyl (C=O) groups is 2. The number of hydrogen-bond donors (Lipinski definition) is 1. The van der Waals surface area contributed by atoms with Gasteiger partial charge in [0.15, 0.2) is 0 Å². The normalized spacial score (nSPS) is 47.8. The minimum absolute atomic E-state index is 0.0774. The Hall–Kier alpha value is -1.10. The lowest BCUT2D eigenvalue weighted by Crippen LogP contribution is -2.38. The van der Waals surface area contributed by atoms with E-state index in [1.807, 2.05) is 0 Å². The second kappa shape index (κ2) is 15.9. The molecule has 9 aliphatic carbocycles. The molecule has 9 rings (SSSR count). The maximum atomic E-state index is 12.6. The summed E-state index contributed by atoms with van der Waals surface area (Å²) in [5.74, 6) is 14.0. The first-order valence-corrected chi connectivity index (χ1v) is 24.1. The van der Waals surface area contributed by atoms with Gasteiger partial charge in [0.25, 0.3) is 0 Å². The van der Waals surface area contributed by atoms with Crippen molar-refractivity contribution in [3.63, 3.8) is 0 Å². The number of aliphatic hydroxyl groups is 1. The Morgan fingerprint density at radius 3 is 1.74 bits per heavy atom. The van der Waals surface area contributed by atoms with E-state index in [4.69, 9.17) is 9.47 Å². The molecule has 306 valence electrons. The molecule has 5 heteroatoms. The fourth-order valence-electron chi connectivity index (χ4n) is 17.1. The van der Waals surface area contributed by atoms with E-state index in [1.54, 1.807) is 0 Å². The third kappa shape index (κ3) is 7.40. The highest BCUT2D eigenvalue weighted by Crippen LogP contribution is 2.67. The van der Waals surface area contributed by atoms with E-state index < -0.39 is 6.10 Å². The molecule has 9 fully saturated rings. The summed E-state index contributed by atoms with van der Waals surface area (Å²) in [6.45, 7) is 13.8. The fourth-order valence-corrected chi connectivity index (χ4v) is 17.1. The number of carbonyl (C=O) groups excluding carboxylic acids is 2. The molecule has 18 unspecified atom stereocenters. The predicted octanol–water partition coefficient (Wildman–Crippen LogP) is 11.6. The van der Waals surface area contributed by atoms with E-state index in [1.165, 1.54) is 96.3 Å². The minimum atomic E-state index is -0.518. The lowest BCUT2D eigenvalue weighted by Gasteiger charge is -2.37. The molecule has 0 aromatic rings. The molecule has 5 nitrogen and oxygen atoms in total. The van der Waals surface area contributed by atoms with Crippen molar-refractivity contribution in [1.82, 2.24) is 0 Å². The monoisotopic (exact) mass is 749 g/mol. The molecule has 54 heavy (non-hydrogen) atoms. The van der Waals surface area contributed by atoms with E-state index in [-0.39, 0.29) is 29.6 Å². The third-order valence-electron chi connectivity index (χ3n) is 19.2. The summed E-state index contributed by atoms with van der Waals surface area (Å²) in [6.07, 6.45) is 25.5. The van der Waals surface area contributed by atoms with Crippen molar-refractivity contribution >= 4 is 11.9 Å². The maximum Gasteiger partial charge on any atom is 0.308 e. The molecule has 0 amide bonds. The molecule has 0 saturated heterocycles. The van der Waals surface area contributed by atoms with E-state index in [0.717, 1.165) is 115 Å². The van der Waals surface area contributed by atoms with E-state index >= 15 is 0 Å². The molecule has 1 N–H and O–H groups in total. The second-order valence-electron chi connectivity index (χ2n) is 21.9. The van der Waals surface area contributed by atoms with Crippen LogP contribution in [0.4, 0.5) is 0 Å². The van der Waals surface area contributed by atoms with E-state index in [2.05, 4.69) is 41.5 Å². The first-order valence-electron chi connectivity index (χ1n) is 24.1. The molecule has 9 saturated carbocycles. The van der Waals surface area contributed by atoms with Crippen molar-refractivity contribution in [3.8, 4) is 0 Å². The number of aliphatic hydroxyl groups excluding tert-OH is 1. The highest BCUT2D eigenvalue weighted by Gasteiger charge is 2.61. The van der Waals surface area contributed by atoms with Gasteiger partial charge in [-0.3, -0.25) is 9.59 Å². The Balaban J connectivity index is 0.000000155. The van der Waals surface area contributed by atoms with Gasteiger partial charge in [0.1, 0.15) is 11.2 Å². The van der Waals surface area contributed by atoms with Crippen LogP contribution < -0.4 is 0 Å². The second-order valence-corrected chi connectivity index (χ2v) is 21.9. The first kappa shape index (κ1) is 39.7. The lowest BCUT2D eigenvalue weighted by atomic mass is 9.69. The van der Waals surface area contributed by atoms with Gasteiger partial charge in [-0.25, -0.2) is 0 Å². The van der Waals surface area contributed by atoms with Gasteiger partial charge in [-0.15, -0.1) is 0 Å². The highest BCUT2D eigenvalue weighted by molar-refractivity contribution is 5.70. The topological polar surface area (TPSA) is 72.8 Å². The number of rotatable bonds is 13. The van der Waals surface area contributed by atoms with E-state index in [9.17, 15) is 14.7 Å². The average Bonchev–Trinajstić information content (AvgIpc) is 3.99. The molecular weight excluding hydrogens is 669 g/mol. The number of hydrogen-bond acceptors (Lipinski definition) is 5. The highest BCUT2D eigenvalue weighted by atomic mass is 16.6. The summed E-state index contributed by atoms with van der Waals surface area (Å²) >= 11 is 0. The molecule has 0 aromatic carbocycles. The van der Waals surface area contributed by atoms with Crippen LogP contribution in [0, 0.1) is 94.7 Å². The summed E-state index contributed by atoms with van der Waals surface area (Å²) in [5.41, 5.74) is -0.406. The van der Waals surface area contributed by atoms with Gasteiger partial charge in [-0.2, -0.15) is 0 Å². The Morgan fingerprint density at radius 1 is 0.648 bits per heavy atom. The van der Waals surface area contributed by atoms with Crippen LogP contribution in [0.15, 0.2) is 0 Å². The van der Waals surface area contributed by atoms with Crippen LogP contribution in [0.25, 0.3) is 0 Å². The molecule has 6 bridgehead atoms. The Kier molecular flexibility index (Phi) is 11.7. The van der Waals surface area contributed by atoms with Crippen LogP contribution in [0.5, 0.6) is 0 Å². The van der Waals surface area contributed by atoms with E-state index in [0.29, 0.717) is 18.3 Å². The van der Waals surface area contributed by atoms with Gasteiger partial charge < -0.3 is 14.6 Å². The van der Waals surface area contributed by atoms with Gasteiger partial charge in [0.2, 0.25) is 0 Å². The Labute approximate surface area is 330 Å². The summed E-state index contributed by atoms with van der Waals surface area (Å²) < 4.78 is 11.8. The fraction of sp³-hybridized carbons (Fsp3) is 0.959. The van der Waals surface area contributed by atoms with Crippen LogP contribution in [-0.4, -0.2) is 34.4 Å². The van der Waals surface area contributed by atoms with Crippen LogP contribution in [0.2, 0.25) is 0 Å². The number of fused-ring (bicyclic) bond motifs is 12. The molecule has 0 spiro atoms. The smallest absolute Gasteiger partial charge is 0.308 e. The van der Waals surface area contributed by atoms with Gasteiger partial charge >= 0.3 is 11.9 Å². The van der Waals surface area contributed by atoms with Gasteiger partial charge in [-0.1, -0.05) is 53.4 Å². The first-order chi connectivity index (χ1) is 26.0. The summed E-state index contributed by atoms with van der Waals surface area (Å²) in [6, 6.07) is 0. The van der Waals surface area contributed by atoms with Crippen LogP contribution in [0.1, 0.15) is 183 Å². The van der Waals surface area contributed by atoms with Crippen LogP contribution in [-0.2, 0) is 19.1 Å². The minimum Gasteiger partial charge on any atom is -0.459 e. The van der Waals surface area contributed by atoms with Gasteiger partial charge in [-0.05, 0) is 211 Å². The zero-order chi connectivity index (χ0) is 37.9. The quantitative estimate of drug-likeness (QED) is 0.190. The Morgan fingerprint density at radius 2 is 1.20 bits per heavy atom. The standard InChI is InChI=1S/C26H42O3.C23H38O2/c1-4-16-9-17(5-2)25-22-12-19(24(16)25)10-18(22)11-21(27)13-23(28)29-26(3)14-15-6-7-20(26)8-15;1-4-15-12-16(5-2)22-19-14-18(21(15)22)13-17(19)8-9-20(24)25-23(3)10-6-7-11-23/h15-22,24-25,27H,4-14H2,1-3H3;15-19,21-22H,4-14H2,1-3H3. The van der Waals surface area contributed by atoms with Crippen molar-refractivity contribution in [2.75, 3.05) is 0 Å². The summed E-state index contributed by atoms with van der Waals surface area (Å²) in [4.78, 5) is 25.0. The van der Waals surface area contributed by atoms with Crippen LogP contribution >= 0.6 is 0 Å². The average molecular weight is 749 g/mol. The van der Waals surface area contributed by atoms with Crippen LogP contribution in [0.3, 0.4) is 0 Å².